The summed E-state index contributed by atoms with van der Waals surface area (Å²) < 4.78 is 50.6. The van der Waals surface area contributed by atoms with Crippen LogP contribution in [0, 0.1) is 5.82 Å². The number of piperazine rings is 1. The lowest BCUT2D eigenvalue weighted by atomic mass is 10.0. The van der Waals surface area contributed by atoms with Gasteiger partial charge in [0.15, 0.2) is 11.5 Å². The van der Waals surface area contributed by atoms with Crippen LogP contribution in [-0.2, 0) is 16.4 Å². The van der Waals surface area contributed by atoms with Crippen LogP contribution in [-0.4, -0.2) is 63.9 Å². The molecule has 0 aliphatic carbocycles. The second-order valence-corrected chi connectivity index (χ2v) is 8.81. The Labute approximate surface area is 176 Å². The van der Waals surface area contributed by atoms with Gasteiger partial charge in [-0.1, -0.05) is 6.92 Å². The van der Waals surface area contributed by atoms with Crippen molar-refractivity contribution in [2.45, 2.75) is 18.2 Å². The molecule has 0 atom stereocenters. The second-order valence-electron chi connectivity index (χ2n) is 6.87. The van der Waals surface area contributed by atoms with Crippen LogP contribution in [0.2, 0.25) is 0 Å². The standard InChI is InChI=1S/C21H25FN2O5S/c1-4-15-13-19(28-2)20(29-3)14-18(15)21(25)23-9-11-24(12-10-23)30(26,27)17-7-5-16(22)6-8-17/h5-8,13-14H,4,9-12H2,1-3H3. The smallest absolute Gasteiger partial charge is 0.254 e. The van der Waals surface area contributed by atoms with Gasteiger partial charge in [0.05, 0.1) is 19.1 Å². The lowest BCUT2D eigenvalue weighted by Crippen LogP contribution is -2.50. The lowest BCUT2D eigenvalue weighted by Gasteiger charge is -2.34. The number of benzene rings is 2. The van der Waals surface area contributed by atoms with E-state index in [0.29, 0.717) is 23.5 Å². The Balaban J connectivity index is 1.76. The summed E-state index contributed by atoms with van der Waals surface area (Å²) in [5.41, 5.74) is 1.35. The van der Waals surface area contributed by atoms with Crippen molar-refractivity contribution in [3.8, 4) is 11.5 Å². The van der Waals surface area contributed by atoms with Gasteiger partial charge in [-0.2, -0.15) is 4.31 Å². The summed E-state index contributed by atoms with van der Waals surface area (Å²) in [6.45, 7) is 2.80. The number of aryl methyl sites for hydroxylation is 1. The molecule has 2 aromatic rings. The lowest BCUT2D eigenvalue weighted by molar-refractivity contribution is 0.0696. The summed E-state index contributed by atoms with van der Waals surface area (Å²) in [5, 5.41) is 0. The maximum Gasteiger partial charge on any atom is 0.254 e. The summed E-state index contributed by atoms with van der Waals surface area (Å²) in [4.78, 5) is 14.8. The Bertz CT molecular complexity index is 1020. The molecular formula is C21H25FN2O5S. The third kappa shape index (κ3) is 4.27. The first-order chi connectivity index (χ1) is 14.3. The highest BCUT2D eigenvalue weighted by Crippen LogP contribution is 2.32. The topological polar surface area (TPSA) is 76.2 Å². The van der Waals surface area contributed by atoms with Crippen molar-refractivity contribution in [3.05, 3.63) is 53.3 Å². The number of ether oxygens (including phenoxy) is 2. The third-order valence-electron chi connectivity index (χ3n) is 5.20. The van der Waals surface area contributed by atoms with Crippen LogP contribution in [0.1, 0.15) is 22.8 Å². The van der Waals surface area contributed by atoms with E-state index in [1.54, 1.807) is 24.1 Å². The second kappa shape index (κ2) is 9.01. The Morgan fingerprint density at radius 2 is 1.57 bits per heavy atom. The van der Waals surface area contributed by atoms with E-state index >= 15 is 0 Å². The van der Waals surface area contributed by atoms with Crippen LogP contribution in [0.25, 0.3) is 0 Å². The van der Waals surface area contributed by atoms with E-state index in [-0.39, 0.29) is 37.0 Å². The molecule has 9 heteroatoms. The van der Waals surface area contributed by atoms with Gasteiger partial charge in [-0.25, -0.2) is 12.8 Å². The first-order valence-corrected chi connectivity index (χ1v) is 11.1. The number of sulfonamides is 1. The van der Waals surface area contributed by atoms with E-state index in [0.717, 1.165) is 17.7 Å². The average molecular weight is 437 g/mol. The number of halogens is 1. The maximum absolute atomic E-state index is 13.1. The fraction of sp³-hybridized carbons (Fsp3) is 0.381. The Kier molecular flexibility index (Phi) is 6.62. The first-order valence-electron chi connectivity index (χ1n) is 9.61. The monoisotopic (exact) mass is 436 g/mol. The van der Waals surface area contributed by atoms with Crippen molar-refractivity contribution in [2.75, 3.05) is 40.4 Å². The summed E-state index contributed by atoms with van der Waals surface area (Å²) in [6, 6.07) is 8.20. The highest BCUT2D eigenvalue weighted by atomic mass is 32.2. The van der Waals surface area contributed by atoms with Gasteiger partial charge < -0.3 is 14.4 Å². The molecule has 0 saturated carbocycles. The molecule has 0 aromatic heterocycles. The number of amides is 1. The van der Waals surface area contributed by atoms with Gasteiger partial charge in [0, 0.05) is 31.7 Å². The molecule has 0 radical (unpaired) electrons. The highest BCUT2D eigenvalue weighted by molar-refractivity contribution is 7.89. The third-order valence-corrected chi connectivity index (χ3v) is 7.11. The molecular weight excluding hydrogens is 411 g/mol. The van der Waals surface area contributed by atoms with Crippen LogP contribution in [0.5, 0.6) is 11.5 Å². The normalized spacial score (nSPS) is 15.1. The highest BCUT2D eigenvalue weighted by Gasteiger charge is 2.31. The summed E-state index contributed by atoms with van der Waals surface area (Å²) in [7, 11) is -0.681. The van der Waals surface area contributed by atoms with Crippen molar-refractivity contribution >= 4 is 15.9 Å². The van der Waals surface area contributed by atoms with Crippen molar-refractivity contribution in [2.24, 2.45) is 0 Å². The number of hydrogen-bond acceptors (Lipinski definition) is 5. The molecule has 0 bridgehead atoms. The van der Waals surface area contributed by atoms with E-state index in [9.17, 15) is 17.6 Å². The average Bonchev–Trinajstić information content (AvgIpc) is 2.78. The molecule has 0 N–H and O–H groups in total. The molecule has 1 amide bonds. The maximum atomic E-state index is 13.1. The fourth-order valence-electron chi connectivity index (χ4n) is 3.47. The Morgan fingerprint density at radius 1 is 1.00 bits per heavy atom. The van der Waals surface area contributed by atoms with Crippen molar-refractivity contribution < 1.29 is 27.1 Å². The number of carbonyl (C=O) groups excluding carboxylic acids is 1. The van der Waals surface area contributed by atoms with Crippen molar-refractivity contribution in [1.29, 1.82) is 0 Å². The number of methoxy groups -OCH3 is 2. The van der Waals surface area contributed by atoms with Gasteiger partial charge in [0.25, 0.3) is 5.91 Å². The van der Waals surface area contributed by atoms with Crippen LogP contribution in [0.4, 0.5) is 4.39 Å². The molecule has 3 rings (SSSR count). The molecule has 1 aliphatic rings. The number of nitrogens with zero attached hydrogens (tertiary/aromatic N) is 2. The quantitative estimate of drug-likeness (QED) is 0.696. The molecule has 2 aromatic carbocycles. The van der Waals surface area contributed by atoms with E-state index in [2.05, 4.69) is 0 Å². The van der Waals surface area contributed by atoms with E-state index in [4.69, 9.17) is 9.47 Å². The summed E-state index contributed by atoms with van der Waals surface area (Å²) >= 11 is 0. The molecule has 1 fully saturated rings. The van der Waals surface area contributed by atoms with Crippen LogP contribution >= 0.6 is 0 Å². The fourth-order valence-corrected chi connectivity index (χ4v) is 4.89. The minimum Gasteiger partial charge on any atom is -0.493 e. The van der Waals surface area contributed by atoms with Crippen molar-refractivity contribution in [3.63, 3.8) is 0 Å². The predicted octanol–water partition coefficient (Wildman–Crippen LogP) is 2.55. The Hall–Kier alpha value is -2.65. The molecule has 0 unspecified atom stereocenters. The predicted molar refractivity (Wildman–Crippen MR) is 110 cm³/mol. The number of carbonyl (C=O) groups is 1. The van der Waals surface area contributed by atoms with Crippen LogP contribution < -0.4 is 9.47 Å². The van der Waals surface area contributed by atoms with Gasteiger partial charge in [-0.3, -0.25) is 4.79 Å². The molecule has 162 valence electrons. The number of rotatable bonds is 6. The zero-order chi connectivity index (χ0) is 21.9. The van der Waals surface area contributed by atoms with Gasteiger partial charge in [-0.15, -0.1) is 0 Å². The van der Waals surface area contributed by atoms with Crippen molar-refractivity contribution in [1.82, 2.24) is 9.21 Å². The molecule has 7 nitrogen and oxygen atoms in total. The van der Waals surface area contributed by atoms with Gasteiger partial charge in [0.2, 0.25) is 10.0 Å². The minimum absolute atomic E-state index is 0.0387. The van der Waals surface area contributed by atoms with Gasteiger partial charge in [0.1, 0.15) is 5.82 Å². The van der Waals surface area contributed by atoms with Crippen LogP contribution in [0.15, 0.2) is 41.3 Å². The zero-order valence-corrected chi connectivity index (χ0v) is 18.0. The van der Waals surface area contributed by atoms with E-state index in [1.165, 1.54) is 23.5 Å². The minimum atomic E-state index is -3.73. The Morgan fingerprint density at radius 3 is 2.10 bits per heavy atom. The van der Waals surface area contributed by atoms with E-state index in [1.807, 2.05) is 6.92 Å². The molecule has 0 spiro atoms. The summed E-state index contributed by atoms with van der Waals surface area (Å²) in [5.74, 6) is 0.356. The summed E-state index contributed by atoms with van der Waals surface area (Å²) in [6.07, 6.45) is 0.639. The molecule has 1 saturated heterocycles. The molecule has 1 heterocycles. The first kappa shape index (κ1) is 22.0. The van der Waals surface area contributed by atoms with Crippen LogP contribution in [0.3, 0.4) is 0 Å². The van der Waals surface area contributed by atoms with E-state index < -0.39 is 15.8 Å². The number of hydrogen-bond donors (Lipinski definition) is 0. The zero-order valence-electron chi connectivity index (χ0n) is 17.2. The molecule has 1 aliphatic heterocycles. The SMILES string of the molecule is CCc1cc(OC)c(OC)cc1C(=O)N1CCN(S(=O)(=O)c2ccc(F)cc2)CC1. The largest absolute Gasteiger partial charge is 0.493 e. The molecule has 30 heavy (non-hydrogen) atoms. The van der Waals surface area contributed by atoms with Gasteiger partial charge >= 0.3 is 0 Å². The van der Waals surface area contributed by atoms with Gasteiger partial charge in [-0.05, 0) is 48.4 Å².